The van der Waals surface area contributed by atoms with E-state index >= 15 is 0 Å². The monoisotopic (exact) mass is 257 g/mol. The summed E-state index contributed by atoms with van der Waals surface area (Å²) in [7, 11) is 0. The van der Waals surface area contributed by atoms with Gasteiger partial charge in [-0.25, -0.2) is 0 Å². The molecule has 0 saturated heterocycles. The summed E-state index contributed by atoms with van der Waals surface area (Å²) in [6.07, 6.45) is 1.76. The van der Waals surface area contributed by atoms with E-state index in [1.165, 1.54) is 16.7 Å². The van der Waals surface area contributed by atoms with Crippen LogP contribution in [0.3, 0.4) is 0 Å². The zero-order chi connectivity index (χ0) is 13.8. The quantitative estimate of drug-likeness (QED) is 0.858. The van der Waals surface area contributed by atoms with Gasteiger partial charge in [0.25, 0.3) is 0 Å². The van der Waals surface area contributed by atoms with Gasteiger partial charge in [-0.1, -0.05) is 45.0 Å². The standard InChI is InChI=1S/C17H23NO/c1-5-18-17(16-10-11-19-13(16)4)15-8-6-14(7-9-15)12(2)3/h6-12,17-18H,5H2,1-4H3. The highest BCUT2D eigenvalue weighted by atomic mass is 16.3. The molecule has 2 nitrogen and oxygen atoms in total. The van der Waals surface area contributed by atoms with Crippen LogP contribution in [0.2, 0.25) is 0 Å². The summed E-state index contributed by atoms with van der Waals surface area (Å²) >= 11 is 0. The Morgan fingerprint density at radius 1 is 1.05 bits per heavy atom. The third-order valence-corrected chi connectivity index (χ3v) is 3.55. The molecule has 0 aliphatic carbocycles. The SMILES string of the molecule is CCNC(c1ccc(C(C)C)cc1)c1ccoc1C. The zero-order valence-electron chi connectivity index (χ0n) is 12.2. The second-order valence-electron chi connectivity index (χ2n) is 5.24. The lowest BCUT2D eigenvalue weighted by molar-refractivity contribution is 0.520. The molecule has 1 unspecified atom stereocenters. The number of aryl methyl sites for hydroxylation is 1. The number of hydrogen-bond donors (Lipinski definition) is 1. The Bertz CT molecular complexity index is 510. The van der Waals surface area contributed by atoms with E-state index < -0.39 is 0 Å². The Labute approximate surface area is 115 Å². The first-order valence-corrected chi connectivity index (χ1v) is 7.00. The van der Waals surface area contributed by atoms with Crippen molar-refractivity contribution < 1.29 is 4.42 Å². The van der Waals surface area contributed by atoms with Crippen molar-refractivity contribution in [2.24, 2.45) is 0 Å². The Hall–Kier alpha value is -1.54. The largest absolute Gasteiger partial charge is 0.469 e. The van der Waals surface area contributed by atoms with Gasteiger partial charge >= 0.3 is 0 Å². The Balaban J connectivity index is 2.31. The van der Waals surface area contributed by atoms with E-state index in [1.54, 1.807) is 6.26 Å². The second kappa shape index (κ2) is 6.07. The molecule has 1 aromatic carbocycles. The lowest BCUT2D eigenvalue weighted by Gasteiger charge is -2.19. The molecular formula is C17H23NO. The summed E-state index contributed by atoms with van der Waals surface area (Å²) in [6, 6.07) is 11.1. The van der Waals surface area contributed by atoms with Gasteiger partial charge in [0.05, 0.1) is 12.3 Å². The Morgan fingerprint density at radius 2 is 1.68 bits per heavy atom. The van der Waals surface area contributed by atoms with Gasteiger partial charge in [0.2, 0.25) is 0 Å². The summed E-state index contributed by atoms with van der Waals surface area (Å²) in [4.78, 5) is 0. The van der Waals surface area contributed by atoms with Crippen molar-refractivity contribution >= 4 is 0 Å². The maximum Gasteiger partial charge on any atom is 0.105 e. The highest BCUT2D eigenvalue weighted by Crippen LogP contribution is 2.27. The molecule has 0 aliphatic heterocycles. The molecular weight excluding hydrogens is 234 g/mol. The van der Waals surface area contributed by atoms with Crippen LogP contribution in [0.4, 0.5) is 0 Å². The second-order valence-corrected chi connectivity index (χ2v) is 5.24. The van der Waals surface area contributed by atoms with E-state index in [-0.39, 0.29) is 6.04 Å². The molecule has 1 N–H and O–H groups in total. The summed E-state index contributed by atoms with van der Waals surface area (Å²) in [6.45, 7) is 9.52. The molecule has 2 aromatic rings. The van der Waals surface area contributed by atoms with Gasteiger partial charge in [0, 0.05) is 5.56 Å². The number of hydrogen-bond acceptors (Lipinski definition) is 2. The lowest BCUT2D eigenvalue weighted by atomic mass is 9.95. The van der Waals surface area contributed by atoms with Crippen LogP contribution in [-0.4, -0.2) is 6.54 Å². The first-order chi connectivity index (χ1) is 9.13. The van der Waals surface area contributed by atoms with Crippen LogP contribution in [0.1, 0.15) is 55.2 Å². The average molecular weight is 257 g/mol. The van der Waals surface area contributed by atoms with E-state index in [4.69, 9.17) is 4.42 Å². The van der Waals surface area contributed by atoms with Crippen molar-refractivity contribution in [2.75, 3.05) is 6.54 Å². The smallest absolute Gasteiger partial charge is 0.105 e. The van der Waals surface area contributed by atoms with Crippen LogP contribution in [0.25, 0.3) is 0 Å². The zero-order valence-corrected chi connectivity index (χ0v) is 12.2. The highest BCUT2D eigenvalue weighted by molar-refractivity contribution is 5.35. The minimum atomic E-state index is 0.213. The number of rotatable bonds is 5. The summed E-state index contributed by atoms with van der Waals surface area (Å²) in [5, 5.41) is 3.53. The molecule has 0 radical (unpaired) electrons. The fraction of sp³-hybridized carbons (Fsp3) is 0.412. The molecule has 0 bridgehead atoms. The predicted octanol–water partition coefficient (Wildman–Crippen LogP) is 4.41. The van der Waals surface area contributed by atoms with E-state index in [0.717, 1.165) is 12.3 Å². The fourth-order valence-electron chi connectivity index (χ4n) is 2.38. The van der Waals surface area contributed by atoms with E-state index in [2.05, 4.69) is 56.4 Å². The molecule has 1 atom stereocenters. The van der Waals surface area contributed by atoms with Gasteiger partial charge in [-0.3, -0.25) is 0 Å². The number of furan rings is 1. The molecule has 1 heterocycles. The van der Waals surface area contributed by atoms with Crippen LogP contribution in [0.15, 0.2) is 41.0 Å². The van der Waals surface area contributed by atoms with Gasteiger partial charge in [-0.05, 0) is 36.6 Å². The molecule has 0 amide bonds. The van der Waals surface area contributed by atoms with E-state index in [1.807, 2.05) is 6.92 Å². The first-order valence-electron chi connectivity index (χ1n) is 7.00. The molecule has 19 heavy (non-hydrogen) atoms. The summed E-state index contributed by atoms with van der Waals surface area (Å²) in [5.41, 5.74) is 3.89. The van der Waals surface area contributed by atoms with Crippen molar-refractivity contribution in [1.29, 1.82) is 0 Å². The summed E-state index contributed by atoms with van der Waals surface area (Å²) < 4.78 is 5.44. The fourth-order valence-corrected chi connectivity index (χ4v) is 2.38. The maximum atomic E-state index is 5.44. The molecule has 0 aliphatic rings. The van der Waals surface area contributed by atoms with Crippen molar-refractivity contribution in [3.63, 3.8) is 0 Å². The van der Waals surface area contributed by atoms with Crippen LogP contribution < -0.4 is 5.32 Å². The average Bonchev–Trinajstić information content (AvgIpc) is 2.82. The van der Waals surface area contributed by atoms with Crippen LogP contribution in [-0.2, 0) is 0 Å². The number of benzene rings is 1. The van der Waals surface area contributed by atoms with Crippen molar-refractivity contribution in [3.05, 3.63) is 59.0 Å². The van der Waals surface area contributed by atoms with Gasteiger partial charge in [-0.15, -0.1) is 0 Å². The van der Waals surface area contributed by atoms with Crippen molar-refractivity contribution in [1.82, 2.24) is 5.32 Å². The first kappa shape index (κ1) is 13.9. The molecule has 0 fully saturated rings. The number of nitrogens with one attached hydrogen (secondary N) is 1. The minimum absolute atomic E-state index is 0.213. The van der Waals surface area contributed by atoms with Crippen LogP contribution >= 0.6 is 0 Å². The molecule has 0 saturated carbocycles. The topological polar surface area (TPSA) is 25.2 Å². The molecule has 2 heteroatoms. The minimum Gasteiger partial charge on any atom is -0.469 e. The Morgan fingerprint density at radius 3 is 2.16 bits per heavy atom. The molecule has 2 rings (SSSR count). The lowest BCUT2D eigenvalue weighted by Crippen LogP contribution is -2.22. The molecule has 1 aromatic heterocycles. The van der Waals surface area contributed by atoms with Crippen LogP contribution in [0, 0.1) is 6.92 Å². The van der Waals surface area contributed by atoms with Crippen LogP contribution in [0.5, 0.6) is 0 Å². The predicted molar refractivity (Wildman–Crippen MR) is 79.5 cm³/mol. The van der Waals surface area contributed by atoms with E-state index in [9.17, 15) is 0 Å². The third-order valence-electron chi connectivity index (χ3n) is 3.55. The van der Waals surface area contributed by atoms with Gasteiger partial charge in [0.1, 0.15) is 5.76 Å². The van der Waals surface area contributed by atoms with Crippen molar-refractivity contribution in [3.8, 4) is 0 Å². The maximum absolute atomic E-state index is 5.44. The summed E-state index contributed by atoms with van der Waals surface area (Å²) in [5.74, 6) is 1.56. The molecule has 102 valence electrons. The normalized spacial score (nSPS) is 12.9. The van der Waals surface area contributed by atoms with Gasteiger partial charge < -0.3 is 9.73 Å². The van der Waals surface area contributed by atoms with Gasteiger partial charge in [0.15, 0.2) is 0 Å². The molecule has 0 spiro atoms. The van der Waals surface area contributed by atoms with Crippen molar-refractivity contribution in [2.45, 2.75) is 39.7 Å². The van der Waals surface area contributed by atoms with E-state index in [0.29, 0.717) is 5.92 Å². The third kappa shape index (κ3) is 3.07. The Kier molecular flexibility index (Phi) is 4.43. The highest BCUT2D eigenvalue weighted by Gasteiger charge is 2.17. The van der Waals surface area contributed by atoms with Gasteiger partial charge in [-0.2, -0.15) is 0 Å².